The smallest absolute Gasteiger partial charge is 0.344 e. The normalized spacial score (nSPS) is 21.2. The Hall–Kier alpha value is -1.93. The molecule has 1 saturated heterocycles. The van der Waals surface area contributed by atoms with Gasteiger partial charge in [-0.3, -0.25) is 0 Å². The highest BCUT2D eigenvalue weighted by molar-refractivity contribution is 7.89. The van der Waals surface area contributed by atoms with Gasteiger partial charge in [-0.05, 0) is 63.3 Å². The fourth-order valence-corrected chi connectivity index (χ4v) is 4.97. The fraction of sp³-hybridized carbons (Fsp3) is 0.600. The molecule has 8 heteroatoms. The molecule has 0 aliphatic carbocycles. The van der Waals surface area contributed by atoms with Crippen LogP contribution in [0.2, 0.25) is 0 Å². The summed E-state index contributed by atoms with van der Waals surface area (Å²) in [5, 5.41) is 0. The molecule has 0 saturated carbocycles. The molecule has 1 aromatic carbocycles. The number of carbonyl (C=O) groups excluding carboxylic acids is 2. The van der Waals surface area contributed by atoms with Crippen LogP contribution in [0, 0.1) is 11.8 Å². The van der Waals surface area contributed by atoms with Crippen LogP contribution in [0.25, 0.3) is 0 Å². The molecule has 7 nitrogen and oxygen atoms in total. The van der Waals surface area contributed by atoms with Gasteiger partial charge >= 0.3 is 11.9 Å². The Balaban J connectivity index is 2.02. The molecule has 1 aliphatic rings. The summed E-state index contributed by atoms with van der Waals surface area (Å²) in [6, 6.07) is 5.56. The molecule has 2 atom stereocenters. The minimum atomic E-state index is -3.61. The van der Waals surface area contributed by atoms with Crippen LogP contribution in [0.3, 0.4) is 0 Å². The molecule has 1 heterocycles. The Morgan fingerprint density at radius 2 is 1.61 bits per heavy atom. The first kappa shape index (κ1) is 22.4. The van der Waals surface area contributed by atoms with Gasteiger partial charge in [-0.15, -0.1) is 0 Å². The second-order valence-electron chi connectivity index (χ2n) is 8.46. The molecule has 0 unspecified atom stereocenters. The predicted molar refractivity (Wildman–Crippen MR) is 104 cm³/mol. The van der Waals surface area contributed by atoms with Crippen molar-refractivity contribution in [1.29, 1.82) is 0 Å². The van der Waals surface area contributed by atoms with E-state index in [4.69, 9.17) is 9.47 Å². The average Bonchev–Trinajstić information content (AvgIpc) is 2.57. The minimum absolute atomic E-state index is 0.137. The summed E-state index contributed by atoms with van der Waals surface area (Å²) in [6.45, 7) is 9.73. The van der Waals surface area contributed by atoms with Crippen molar-refractivity contribution < 1.29 is 27.5 Å². The lowest BCUT2D eigenvalue weighted by Crippen LogP contribution is -2.42. The van der Waals surface area contributed by atoms with Gasteiger partial charge in [0.1, 0.15) is 5.60 Å². The molecule has 1 aromatic rings. The van der Waals surface area contributed by atoms with Crippen LogP contribution < -0.4 is 0 Å². The van der Waals surface area contributed by atoms with Crippen molar-refractivity contribution in [3.05, 3.63) is 29.8 Å². The Kier molecular flexibility index (Phi) is 6.88. The zero-order valence-corrected chi connectivity index (χ0v) is 17.9. The van der Waals surface area contributed by atoms with Crippen molar-refractivity contribution in [1.82, 2.24) is 4.31 Å². The first-order chi connectivity index (χ1) is 12.9. The van der Waals surface area contributed by atoms with Crippen molar-refractivity contribution in [2.45, 2.75) is 51.5 Å². The summed E-state index contributed by atoms with van der Waals surface area (Å²) >= 11 is 0. The maximum Gasteiger partial charge on any atom is 0.344 e. The highest BCUT2D eigenvalue weighted by Crippen LogP contribution is 2.26. The number of piperidine rings is 1. The number of carbonyl (C=O) groups is 2. The third-order valence-electron chi connectivity index (χ3n) is 4.30. The number of esters is 2. The molecular weight excluding hydrogens is 382 g/mol. The number of ether oxygens (including phenoxy) is 2. The van der Waals surface area contributed by atoms with E-state index in [0.29, 0.717) is 24.9 Å². The quantitative estimate of drug-likeness (QED) is 0.692. The first-order valence-corrected chi connectivity index (χ1v) is 10.8. The van der Waals surface area contributed by atoms with Gasteiger partial charge in [0.2, 0.25) is 10.0 Å². The summed E-state index contributed by atoms with van der Waals surface area (Å²) in [5.74, 6) is -0.746. The fourth-order valence-electron chi connectivity index (χ4n) is 3.29. The summed E-state index contributed by atoms with van der Waals surface area (Å²) in [6.07, 6.45) is 1.01. The number of rotatable bonds is 5. The van der Waals surface area contributed by atoms with Crippen LogP contribution in [-0.2, 0) is 24.3 Å². The molecule has 0 aromatic heterocycles. The Morgan fingerprint density at radius 1 is 1.07 bits per heavy atom. The van der Waals surface area contributed by atoms with Crippen molar-refractivity contribution in [3.63, 3.8) is 0 Å². The molecule has 28 heavy (non-hydrogen) atoms. The number of sulfonamides is 1. The monoisotopic (exact) mass is 411 g/mol. The third kappa shape index (κ3) is 6.04. The maximum atomic E-state index is 12.9. The molecule has 1 aliphatic heterocycles. The molecule has 0 amide bonds. The van der Waals surface area contributed by atoms with E-state index >= 15 is 0 Å². The van der Waals surface area contributed by atoms with Crippen molar-refractivity contribution >= 4 is 22.0 Å². The third-order valence-corrected chi connectivity index (χ3v) is 6.15. The summed E-state index contributed by atoms with van der Waals surface area (Å²) in [5.41, 5.74) is -0.494. The highest BCUT2D eigenvalue weighted by atomic mass is 32.2. The molecule has 0 spiro atoms. The van der Waals surface area contributed by atoms with E-state index in [9.17, 15) is 18.0 Å². The van der Waals surface area contributed by atoms with Crippen LogP contribution >= 0.6 is 0 Å². The Bertz CT molecular complexity index is 800. The van der Waals surface area contributed by atoms with E-state index in [1.807, 2.05) is 13.8 Å². The number of hydrogen-bond acceptors (Lipinski definition) is 6. The maximum absolute atomic E-state index is 12.9. The lowest BCUT2D eigenvalue weighted by molar-refractivity contribution is -0.158. The minimum Gasteiger partial charge on any atom is -0.457 e. The van der Waals surface area contributed by atoms with Gasteiger partial charge in [0, 0.05) is 13.1 Å². The van der Waals surface area contributed by atoms with Crippen molar-refractivity contribution in [2.75, 3.05) is 19.7 Å². The molecule has 156 valence electrons. The van der Waals surface area contributed by atoms with E-state index in [-0.39, 0.29) is 10.5 Å². The Labute approximate surface area is 167 Å². The van der Waals surface area contributed by atoms with Gasteiger partial charge in [-0.2, -0.15) is 4.31 Å². The van der Waals surface area contributed by atoms with E-state index in [2.05, 4.69) is 0 Å². The highest BCUT2D eigenvalue weighted by Gasteiger charge is 2.31. The average molecular weight is 412 g/mol. The standard InChI is InChI=1S/C20H29NO6S/c1-14-10-15(2)12-21(11-14)28(24,25)17-8-6-16(7-9-17)19(23)26-13-18(22)27-20(3,4)5/h6-9,14-15H,10-13H2,1-5H3/t14-,15+. The summed E-state index contributed by atoms with van der Waals surface area (Å²) in [4.78, 5) is 23.8. The first-order valence-electron chi connectivity index (χ1n) is 9.37. The van der Waals surface area contributed by atoms with Gasteiger partial charge in [-0.25, -0.2) is 18.0 Å². The van der Waals surface area contributed by atoms with Crippen LogP contribution in [0.5, 0.6) is 0 Å². The van der Waals surface area contributed by atoms with Crippen LogP contribution in [0.15, 0.2) is 29.2 Å². The van der Waals surface area contributed by atoms with E-state index < -0.39 is 34.2 Å². The SMILES string of the molecule is C[C@@H]1C[C@H](C)CN(S(=O)(=O)c2ccc(C(=O)OCC(=O)OC(C)(C)C)cc2)C1. The summed E-state index contributed by atoms with van der Waals surface area (Å²) in [7, 11) is -3.61. The van der Waals surface area contributed by atoms with Gasteiger partial charge in [0.25, 0.3) is 0 Å². The van der Waals surface area contributed by atoms with Gasteiger partial charge in [0.15, 0.2) is 6.61 Å². The zero-order valence-electron chi connectivity index (χ0n) is 17.1. The molecule has 2 rings (SSSR count). The lowest BCUT2D eigenvalue weighted by Gasteiger charge is -2.34. The van der Waals surface area contributed by atoms with Crippen molar-refractivity contribution in [2.24, 2.45) is 11.8 Å². The second-order valence-corrected chi connectivity index (χ2v) is 10.4. The molecule has 0 N–H and O–H groups in total. The van der Waals surface area contributed by atoms with E-state index in [1.165, 1.54) is 28.6 Å². The van der Waals surface area contributed by atoms with Gasteiger partial charge < -0.3 is 9.47 Å². The molecule has 0 bridgehead atoms. The molecular formula is C20H29NO6S. The molecule has 1 fully saturated rings. The van der Waals surface area contributed by atoms with Crippen molar-refractivity contribution in [3.8, 4) is 0 Å². The van der Waals surface area contributed by atoms with Crippen LogP contribution in [0.1, 0.15) is 51.4 Å². The number of benzene rings is 1. The number of hydrogen-bond donors (Lipinski definition) is 0. The predicted octanol–water partition coefficient (Wildman–Crippen LogP) is 2.85. The zero-order chi connectivity index (χ0) is 21.1. The topological polar surface area (TPSA) is 90.0 Å². The van der Waals surface area contributed by atoms with Crippen LogP contribution in [-0.4, -0.2) is 50.0 Å². The Morgan fingerprint density at radius 3 is 2.11 bits per heavy atom. The second kappa shape index (κ2) is 8.61. The van der Waals surface area contributed by atoms with Gasteiger partial charge in [0.05, 0.1) is 10.5 Å². The van der Waals surface area contributed by atoms with Crippen LogP contribution in [0.4, 0.5) is 0 Å². The molecule has 0 radical (unpaired) electrons. The lowest BCUT2D eigenvalue weighted by atomic mass is 9.94. The van der Waals surface area contributed by atoms with E-state index in [0.717, 1.165) is 6.42 Å². The number of nitrogens with zero attached hydrogens (tertiary/aromatic N) is 1. The van der Waals surface area contributed by atoms with E-state index in [1.54, 1.807) is 20.8 Å². The largest absolute Gasteiger partial charge is 0.457 e. The van der Waals surface area contributed by atoms with Gasteiger partial charge in [-0.1, -0.05) is 13.8 Å². The summed E-state index contributed by atoms with van der Waals surface area (Å²) < 4.78 is 37.2.